The van der Waals surface area contributed by atoms with Gasteiger partial charge < -0.3 is 19.9 Å². The fourth-order valence-electron chi connectivity index (χ4n) is 2.85. The lowest BCUT2D eigenvalue weighted by atomic mass is 10.2. The molecule has 24 heavy (non-hydrogen) atoms. The van der Waals surface area contributed by atoms with E-state index in [1.54, 1.807) is 7.11 Å². The summed E-state index contributed by atoms with van der Waals surface area (Å²) in [7, 11) is 1.62. The number of benzene rings is 1. The molecule has 0 atom stereocenters. The first kappa shape index (κ1) is 18.3. The second kappa shape index (κ2) is 9.27. The van der Waals surface area contributed by atoms with Crippen LogP contribution < -0.4 is 10.2 Å². The van der Waals surface area contributed by atoms with Gasteiger partial charge in [0.1, 0.15) is 0 Å². The Labute approximate surface area is 143 Å². The standard InChI is InChI=1S/C18H27N3O3/c1-15(22)21(12-5-13-24-2)14-18(23)19-16-6-8-17(9-7-16)20-10-3-4-11-20/h6-9H,3-5,10-14H2,1-2H3,(H,19,23). The molecule has 2 amide bonds. The van der Waals surface area contributed by atoms with E-state index >= 15 is 0 Å². The molecular weight excluding hydrogens is 306 g/mol. The van der Waals surface area contributed by atoms with Crippen molar-refractivity contribution < 1.29 is 14.3 Å². The van der Waals surface area contributed by atoms with Crippen LogP contribution in [0, 0.1) is 0 Å². The number of anilines is 2. The molecule has 1 N–H and O–H groups in total. The normalized spacial score (nSPS) is 13.8. The van der Waals surface area contributed by atoms with Crippen molar-refractivity contribution in [2.24, 2.45) is 0 Å². The lowest BCUT2D eigenvalue weighted by molar-refractivity contribution is -0.132. The second-order valence-electron chi connectivity index (χ2n) is 6.08. The summed E-state index contributed by atoms with van der Waals surface area (Å²) in [5, 5.41) is 2.85. The maximum atomic E-state index is 12.2. The summed E-state index contributed by atoms with van der Waals surface area (Å²) in [4.78, 5) is 27.7. The number of hydrogen-bond acceptors (Lipinski definition) is 4. The summed E-state index contributed by atoms with van der Waals surface area (Å²) in [5.74, 6) is -0.290. The predicted molar refractivity (Wildman–Crippen MR) is 95.3 cm³/mol. The number of hydrogen-bond donors (Lipinski definition) is 1. The maximum Gasteiger partial charge on any atom is 0.243 e. The molecule has 6 nitrogen and oxygen atoms in total. The van der Waals surface area contributed by atoms with E-state index < -0.39 is 0 Å². The Morgan fingerprint density at radius 2 is 1.88 bits per heavy atom. The molecule has 0 aliphatic carbocycles. The molecule has 1 fully saturated rings. The van der Waals surface area contributed by atoms with Gasteiger partial charge in [-0.15, -0.1) is 0 Å². The van der Waals surface area contributed by atoms with Gasteiger partial charge in [0, 0.05) is 51.6 Å². The van der Waals surface area contributed by atoms with Crippen molar-refractivity contribution in [2.75, 3.05) is 50.1 Å². The first-order valence-electron chi connectivity index (χ1n) is 8.49. The number of carbonyl (C=O) groups excluding carboxylic acids is 2. The third-order valence-electron chi connectivity index (χ3n) is 4.18. The Bertz CT molecular complexity index is 539. The minimum atomic E-state index is -0.184. The minimum absolute atomic E-state index is 0.0624. The quantitative estimate of drug-likeness (QED) is 0.740. The van der Waals surface area contributed by atoms with Crippen molar-refractivity contribution in [1.82, 2.24) is 4.90 Å². The first-order chi connectivity index (χ1) is 11.6. The van der Waals surface area contributed by atoms with Crippen LogP contribution in [0.25, 0.3) is 0 Å². The molecule has 1 aliphatic heterocycles. The van der Waals surface area contributed by atoms with Gasteiger partial charge in [-0.05, 0) is 43.5 Å². The molecule has 0 aromatic heterocycles. The molecule has 0 saturated carbocycles. The summed E-state index contributed by atoms with van der Waals surface area (Å²) in [5.41, 5.74) is 1.94. The van der Waals surface area contributed by atoms with Gasteiger partial charge in [0.15, 0.2) is 0 Å². The molecule has 2 rings (SSSR count). The molecule has 1 aliphatic rings. The molecular formula is C18H27N3O3. The number of nitrogens with one attached hydrogen (secondary N) is 1. The van der Waals surface area contributed by atoms with Crippen LogP contribution in [-0.4, -0.2) is 56.6 Å². The molecule has 1 aromatic carbocycles. The van der Waals surface area contributed by atoms with E-state index in [4.69, 9.17) is 4.74 Å². The predicted octanol–water partition coefficient (Wildman–Crippen LogP) is 2.11. The summed E-state index contributed by atoms with van der Waals surface area (Å²) in [6.07, 6.45) is 3.19. The fraction of sp³-hybridized carbons (Fsp3) is 0.556. The van der Waals surface area contributed by atoms with Crippen molar-refractivity contribution in [3.8, 4) is 0 Å². The lowest BCUT2D eigenvalue weighted by Gasteiger charge is -2.21. The zero-order valence-corrected chi connectivity index (χ0v) is 14.6. The zero-order chi connectivity index (χ0) is 17.4. The average Bonchev–Trinajstić information content (AvgIpc) is 3.09. The van der Waals surface area contributed by atoms with Crippen molar-refractivity contribution in [1.29, 1.82) is 0 Å². The van der Waals surface area contributed by atoms with E-state index in [0.717, 1.165) is 18.8 Å². The number of ether oxygens (including phenoxy) is 1. The molecule has 0 spiro atoms. The van der Waals surface area contributed by atoms with E-state index in [1.807, 2.05) is 24.3 Å². The van der Waals surface area contributed by atoms with Gasteiger partial charge in [0.2, 0.25) is 11.8 Å². The molecule has 1 saturated heterocycles. The van der Waals surface area contributed by atoms with E-state index in [0.29, 0.717) is 19.6 Å². The number of amides is 2. The minimum Gasteiger partial charge on any atom is -0.385 e. The van der Waals surface area contributed by atoms with Gasteiger partial charge >= 0.3 is 0 Å². The number of nitrogens with zero attached hydrogens (tertiary/aromatic N) is 2. The second-order valence-corrected chi connectivity index (χ2v) is 6.08. The van der Waals surface area contributed by atoms with Crippen molar-refractivity contribution >= 4 is 23.2 Å². The van der Waals surface area contributed by atoms with E-state index in [-0.39, 0.29) is 18.4 Å². The van der Waals surface area contributed by atoms with E-state index in [9.17, 15) is 9.59 Å². The van der Waals surface area contributed by atoms with Crippen LogP contribution in [0.15, 0.2) is 24.3 Å². The van der Waals surface area contributed by atoms with Crippen LogP contribution in [0.3, 0.4) is 0 Å². The largest absolute Gasteiger partial charge is 0.385 e. The topological polar surface area (TPSA) is 61.9 Å². The summed E-state index contributed by atoms with van der Waals surface area (Å²) >= 11 is 0. The van der Waals surface area contributed by atoms with Crippen LogP contribution in [0.2, 0.25) is 0 Å². The third-order valence-corrected chi connectivity index (χ3v) is 4.18. The SMILES string of the molecule is COCCCN(CC(=O)Nc1ccc(N2CCCC2)cc1)C(C)=O. The van der Waals surface area contributed by atoms with Crippen LogP contribution in [0.4, 0.5) is 11.4 Å². The highest BCUT2D eigenvalue weighted by Gasteiger charge is 2.14. The van der Waals surface area contributed by atoms with Crippen LogP contribution in [0.1, 0.15) is 26.2 Å². The summed E-state index contributed by atoms with van der Waals surface area (Å²) in [6.45, 7) is 4.83. The van der Waals surface area contributed by atoms with Crippen LogP contribution in [-0.2, 0) is 14.3 Å². The smallest absolute Gasteiger partial charge is 0.243 e. The highest BCUT2D eigenvalue weighted by molar-refractivity contribution is 5.94. The van der Waals surface area contributed by atoms with Crippen LogP contribution >= 0.6 is 0 Å². The Morgan fingerprint density at radius 3 is 2.46 bits per heavy atom. The number of carbonyl (C=O) groups is 2. The van der Waals surface area contributed by atoms with Gasteiger partial charge in [0.05, 0.1) is 6.54 Å². The Balaban J connectivity index is 1.84. The Morgan fingerprint density at radius 1 is 1.21 bits per heavy atom. The number of rotatable bonds is 8. The highest BCUT2D eigenvalue weighted by Crippen LogP contribution is 2.21. The van der Waals surface area contributed by atoms with Gasteiger partial charge in [0.25, 0.3) is 0 Å². The van der Waals surface area contributed by atoms with Gasteiger partial charge in [-0.25, -0.2) is 0 Å². The molecule has 6 heteroatoms. The van der Waals surface area contributed by atoms with Crippen molar-refractivity contribution in [2.45, 2.75) is 26.2 Å². The zero-order valence-electron chi connectivity index (χ0n) is 14.6. The van der Waals surface area contributed by atoms with Crippen LogP contribution in [0.5, 0.6) is 0 Å². The molecule has 132 valence electrons. The summed E-state index contributed by atoms with van der Waals surface area (Å²) in [6, 6.07) is 7.88. The molecule has 0 radical (unpaired) electrons. The van der Waals surface area contributed by atoms with Crippen molar-refractivity contribution in [3.05, 3.63) is 24.3 Å². The van der Waals surface area contributed by atoms with Gasteiger partial charge in [-0.2, -0.15) is 0 Å². The maximum absolute atomic E-state index is 12.2. The number of methoxy groups -OCH3 is 1. The average molecular weight is 333 g/mol. The summed E-state index contributed by atoms with van der Waals surface area (Å²) < 4.78 is 4.98. The monoisotopic (exact) mass is 333 g/mol. The van der Waals surface area contributed by atoms with Crippen molar-refractivity contribution in [3.63, 3.8) is 0 Å². The van der Waals surface area contributed by atoms with Gasteiger partial charge in [-0.1, -0.05) is 0 Å². The Kier molecular flexibility index (Phi) is 7.06. The molecule has 0 unspecified atom stereocenters. The molecule has 1 heterocycles. The first-order valence-corrected chi connectivity index (χ1v) is 8.49. The van der Waals surface area contributed by atoms with Gasteiger partial charge in [-0.3, -0.25) is 9.59 Å². The molecule has 0 bridgehead atoms. The van der Waals surface area contributed by atoms with E-state index in [1.165, 1.54) is 30.4 Å². The Hall–Kier alpha value is -2.08. The molecule has 1 aromatic rings. The van der Waals surface area contributed by atoms with E-state index in [2.05, 4.69) is 10.2 Å². The lowest BCUT2D eigenvalue weighted by Crippen LogP contribution is -2.37. The highest BCUT2D eigenvalue weighted by atomic mass is 16.5. The fourth-order valence-corrected chi connectivity index (χ4v) is 2.85. The third kappa shape index (κ3) is 5.53.